The second-order valence-corrected chi connectivity index (χ2v) is 5.67. The van der Waals surface area contributed by atoms with Crippen LogP contribution in [0.3, 0.4) is 0 Å². The quantitative estimate of drug-likeness (QED) is 0.677. The molecule has 1 aliphatic carbocycles. The lowest BCUT2D eigenvalue weighted by atomic mass is 9.72. The van der Waals surface area contributed by atoms with Gasteiger partial charge in [-0.1, -0.05) is 26.2 Å². The van der Waals surface area contributed by atoms with E-state index < -0.39 is 0 Å². The molecule has 2 rings (SSSR count). The molecule has 0 radical (unpaired) electrons. The van der Waals surface area contributed by atoms with Gasteiger partial charge in [-0.2, -0.15) is 0 Å². The first-order chi connectivity index (χ1) is 6.75. The highest BCUT2D eigenvalue weighted by atomic mass is 14.9. The molecule has 0 amide bonds. The minimum atomic E-state index is 0.769. The average molecular weight is 195 g/mol. The summed E-state index contributed by atoms with van der Waals surface area (Å²) in [4.78, 5) is 0. The molecule has 4 unspecified atom stereocenters. The van der Waals surface area contributed by atoms with Crippen LogP contribution < -0.4 is 5.32 Å². The van der Waals surface area contributed by atoms with Gasteiger partial charge in [-0.05, 0) is 50.5 Å². The molecule has 4 atom stereocenters. The van der Waals surface area contributed by atoms with Crippen molar-refractivity contribution < 1.29 is 0 Å². The number of rotatable bonds is 1. The van der Waals surface area contributed by atoms with Gasteiger partial charge in [0.25, 0.3) is 0 Å². The molecule has 1 heteroatoms. The molecule has 1 heterocycles. The molecule has 0 aromatic rings. The van der Waals surface area contributed by atoms with Crippen molar-refractivity contribution in [3.63, 3.8) is 0 Å². The van der Waals surface area contributed by atoms with E-state index in [0.29, 0.717) is 0 Å². The van der Waals surface area contributed by atoms with Crippen LogP contribution in [-0.4, -0.2) is 12.6 Å². The summed E-state index contributed by atoms with van der Waals surface area (Å²) in [5, 5.41) is 3.56. The van der Waals surface area contributed by atoms with Crippen molar-refractivity contribution in [3.8, 4) is 0 Å². The van der Waals surface area contributed by atoms with E-state index in [4.69, 9.17) is 0 Å². The Hall–Kier alpha value is -0.0400. The maximum absolute atomic E-state index is 3.56. The van der Waals surface area contributed by atoms with E-state index in [1.807, 2.05) is 0 Å². The van der Waals surface area contributed by atoms with Crippen LogP contribution in [0, 0.1) is 17.8 Å². The molecule has 1 saturated carbocycles. The van der Waals surface area contributed by atoms with E-state index in [2.05, 4.69) is 19.2 Å². The lowest BCUT2D eigenvalue weighted by molar-refractivity contribution is 0.156. The Labute approximate surface area is 88.7 Å². The SMILES string of the molecule is CC1CCCC(C2CCNC(C)C2)C1. The summed E-state index contributed by atoms with van der Waals surface area (Å²) in [6, 6.07) is 0.769. The van der Waals surface area contributed by atoms with Crippen LogP contribution in [0.1, 0.15) is 52.4 Å². The molecule has 0 aromatic carbocycles. The second-order valence-electron chi connectivity index (χ2n) is 5.67. The normalized spacial score (nSPS) is 45.0. The zero-order chi connectivity index (χ0) is 9.97. The van der Waals surface area contributed by atoms with Crippen molar-refractivity contribution in [1.29, 1.82) is 0 Å². The van der Waals surface area contributed by atoms with Gasteiger partial charge < -0.3 is 5.32 Å². The van der Waals surface area contributed by atoms with Gasteiger partial charge in [0.2, 0.25) is 0 Å². The Morgan fingerprint density at radius 2 is 1.71 bits per heavy atom. The van der Waals surface area contributed by atoms with Gasteiger partial charge in [-0.15, -0.1) is 0 Å². The topological polar surface area (TPSA) is 12.0 Å². The fourth-order valence-corrected chi connectivity index (χ4v) is 3.51. The van der Waals surface area contributed by atoms with E-state index in [9.17, 15) is 0 Å². The highest BCUT2D eigenvalue weighted by molar-refractivity contribution is 4.83. The number of piperidine rings is 1. The first kappa shape index (κ1) is 10.5. The van der Waals surface area contributed by atoms with E-state index in [0.717, 1.165) is 23.8 Å². The van der Waals surface area contributed by atoms with Crippen LogP contribution in [0.5, 0.6) is 0 Å². The van der Waals surface area contributed by atoms with Crippen molar-refractivity contribution in [2.24, 2.45) is 17.8 Å². The minimum Gasteiger partial charge on any atom is -0.314 e. The molecule has 0 bridgehead atoms. The molecule has 1 nitrogen and oxygen atoms in total. The smallest absolute Gasteiger partial charge is 0.00414 e. The van der Waals surface area contributed by atoms with Crippen LogP contribution in [-0.2, 0) is 0 Å². The highest BCUT2D eigenvalue weighted by Crippen LogP contribution is 2.37. The van der Waals surface area contributed by atoms with Gasteiger partial charge in [-0.25, -0.2) is 0 Å². The average Bonchev–Trinajstić information content (AvgIpc) is 2.18. The Bertz CT molecular complexity index is 158. The van der Waals surface area contributed by atoms with Crippen molar-refractivity contribution in [2.75, 3.05) is 6.54 Å². The summed E-state index contributed by atoms with van der Waals surface area (Å²) in [7, 11) is 0. The molecule has 1 N–H and O–H groups in total. The van der Waals surface area contributed by atoms with Crippen LogP contribution in [0.2, 0.25) is 0 Å². The van der Waals surface area contributed by atoms with Gasteiger partial charge in [-0.3, -0.25) is 0 Å². The maximum atomic E-state index is 3.56. The Balaban J connectivity index is 1.86. The van der Waals surface area contributed by atoms with Crippen molar-refractivity contribution in [3.05, 3.63) is 0 Å². The monoisotopic (exact) mass is 195 g/mol. The Kier molecular flexibility index (Phi) is 3.48. The molecule has 14 heavy (non-hydrogen) atoms. The van der Waals surface area contributed by atoms with Gasteiger partial charge in [0.05, 0.1) is 0 Å². The van der Waals surface area contributed by atoms with Crippen molar-refractivity contribution in [1.82, 2.24) is 5.32 Å². The van der Waals surface area contributed by atoms with E-state index in [-0.39, 0.29) is 0 Å². The summed E-state index contributed by atoms with van der Waals surface area (Å²) in [6.45, 7) is 6.05. The van der Waals surface area contributed by atoms with Crippen molar-refractivity contribution >= 4 is 0 Å². The molecule has 0 aromatic heterocycles. The predicted molar refractivity (Wildman–Crippen MR) is 61.3 cm³/mol. The zero-order valence-electron chi connectivity index (χ0n) is 9.76. The molecule has 0 spiro atoms. The molecule has 1 saturated heterocycles. The summed E-state index contributed by atoms with van der Waals surface area (Å²) >= 11 is 0. The highest BCUT2D eigenvalue weighted by Gasteiger charge is 2.29. The standard InChI is InChI=1S/C13H25N/c1-10-4-3-5-12(8-10)13-6-7-14-11(2)9-13/h10-14H,3-9H2,1-2H3. The minimum absolute atomic E-state index is 0.769. The first-order valence-electron chi connectivity index (χ1n) is 6.49. The third-order valence-electron chi connectivity index (χ3n) is 4.31. The van der Waals surface area contributed by atoms with Crippen molar-refractivity contribution in [2.45, 2.75) is 58.4 Å². The van der Waals surface area contributed by atoms with Gasteiger partial charge >= 0.3 is 0 Å². The summed E-state index contributed by atoms with van der Waals surface area (Å²) in [6.07, 6.45) is 8.86. The van der Waals surface area contributed by atoms with E-state index >= 15 is 0 Å². The maximum Gasteiger partial charge on any atom is 0.00414 e. The number of nitrogens with one attached hydrogen (secondary N) is 1. The van der Waals surface area contributed by atoms with Crippen LogP contribution >= 0.6 is 0 Å². The first-order valence-corrected chi connectivity index (χ1v) is 6.49. The van der Waals surface area contributed by atoms with Gasteiger partial charge in [0, 0.05) is 6.04 Å². The largest absolute Gasteiger partial charge is 0.314 e. The zero-order valence-corrected chi connectivity index (χ0v) is 9.76. The molecule has 2 aliphatic rings. The number of hydrogen-bond acceptors (Lipinski definition) is 1. The molecule has 82 valence electrons. The van der Waals surface area contributed by atoms with E-state index in [1.54, 1.807) is 0 Å². The Morgan fingerprint density at radius 1 is 0.929 bits per heavy atom. The molecule has 2 fully saturated rings. The fourth-order valence-electron chi connectivity index (χ4n) is 3.51. The fraction of sp³-hybridized carbons (Fsp3) is 1.00. The lowest BCUT2D eigenvalue weighted by Gasteiger charge is -2.37. The number of hydrogen-bond donors (Lipinski definition) is 1. The summed E-state index contributed by atoms with van der Waals surface area (Å²) < 4.78 is 0. The van der Waals surface area contributed by atoms with E-state index in [1.165, 1.54) is 45.1 Å². The third-order valence-corrected chi connectivity index (χ3v) is 4.31. The summed E-state index contributed by atoms with van der Waals surface area (Å²) in [5.41, 5.74) is 0. The van der Waals surface area contributed by atoms with Crippen LogP contribution in [0.4, 0.5) is 0 Å². The predicted octanol–water partition coefficient (Wildman–Crippen LogP) is 3.20. The Morgan fingerprint density at radius 3 is 2.43 bits per heavy atom. The molecular weight excluding hydrogens is 170 g/mol. The van der Waals surface area contributed by atoms with Gasteiger partial charge in [0.15, 0.2) is 0 Å². The lowest BCUT2D eigenvalue weighted by Crippen LogP contribution is -2.39. The van der Waals surface area contributed by atoms with Crippen LogP contribution in [0.15, 0.2) is 0 Å². The van der Waals surface area contributed by atoms with Gasteiger partial charge in [0.1, 0.15) is 0 Å². The molecular formula is C13H25N. The summed E-state index contributed by atoms with van der Waals surface area (Å²) in [5.74, 6) is 3.09. The third kappa shape index (κ3) is 2.50. The van der Waals surface area contributed by atoms with Crippen LogP contribution in [0.25, 0.3) is 0 Å². The second kappa shape index (κ2) is 4.65. The molecule has 1 aliphatic heterocycles.